The molecule has 2 aromatic carbocycles. The van der Waals surface area contributed by atoms with Crippen molar-refractivity contribution in [3.63, 3.8) is 0 Å². The maximum atomic E-state index is 12.6. The molecule has 0 fully saturated rings. The van der Waals surface area contributed by atoms with E-state index in [0.717, 1.165) is 5.56 Å². The van der Waals surface area contributed by atoms with E-state index < -0.39 is 22.0 Å². The highest BCUT2D eigenvalue weighted by Crippen LogP contribution is 2.27. The van der Waals surface area contributed by atoms with E-state index in [0.29, 0.717) is 42.4 Å². The van der Waals surface area contributed by atoms with Crippen molar-refractivity contribution in [2.75, 3.05) is 27.4 Å². The molecule has 8 nitrogen and oxygen atoms in total. The molecule has 1 atom stereocenters. The highest BCUT2D eigenvalue weighted by atomic mass is 32.2. The van der Waals surface area contributed by atoms with Gasteiger partial charge in [-0.05, 0) is 68.7 Å². The predicted octanol–water partition coefficient (Wildman–Crippen LogP) is 2.44. The molecule has 0 saturated carbocycles. The van der Waals surface area contributed by atoms with Gasteiger partial charge in [-0.3, -0.25) is 4.79 Å². The minimum absolute atomic E-state index is 0.0819. The summed E-state index contributed by atoms with van der Waals surface area (Å²) < 4.78 is 43.6. The maximum Gasteiger partial charge on any atom is 0.241 e. The van der Waals surface area contributed by atoms with Crippen LogP contribution < -0.4 is 24.2 Å². The highest BCUT2D eigenvalue weighted by Gasteiger charge is 2.22. The molecule has 0 heterocycles. The standard InChI is InChI=1S/C22H30N2O6S/c1-6-30-19-10-8-18(13-15(19)2)31(26,27)24-16(3)22(25)23-12-11-17-7-9-20(28-4)21(14-17)29-5/h7-10,13-14,16,24H,6,11-12H2,1-5H3,(H,23,25)/t16-/m1/s1. The van der Waals surface area contributed by atoms with Gasteiger partial charge < -0.3 is 19.5 Å². The van der Waals surface area contributed by atoms with E-state index in [1.54, 1.807) is 33.3 Å². The molecule has 31 heavy (non-hydrogen) atoms. The Balaban J connectivity index is 1.93. The van der Waals surface area contributed by atoms with Crippen LogP contribution in [0.25, 0.3) is 0 Å². The molecule has 0 radical (unpaired) electrons. The number of methoxy groups -OCH3 is 2. The van der Waals surface area contributed by atoms with E-state index in [4.69, 9.17) is 14.2 Å². The van der Waals surface area contributed by atoms with Gasteiger partial charge in [0.1, 0.15) is 5.75 Å². The van der Waals surface area contributed by atoms with Crippen molar-refractivity contribution < 1.29 is 27.4 Å². The number of sulfonamides is 1. The second-order valence-electron chi connectivity index (χ2n) is 6.93. The Labute approximate surface area is 184 Å². The Morgan fingerprint density at radius 3 is 2.32 bits per heavy atom. The van der Waals surface area contributed by atoms with Crippen molar-refractivity contribution >= 4 is 15.9 Å². The third-order valence-electron chi connectivity index (χ3n) is 4.64. The first-order valence-corrected chi connectivity index (χ1v) is 11.4. The van der Waals surface area contributed by atoms with Crippen LogP contribution in [0.3, 0.4) is 0 Å². The van der Waals surface area contributed by atoms with Crippen molar-refractivity contribution in [2.24, 2.45) is 0 Å². The summed E-state index contributed by atoms with van der Waals surface area (Å²) >= 11 is 0. The Hall–Kier alpha value is -2.78. The van der Waals surface area contributed by atoms with E-state index in [1.165, 1.54) is 19.1 Å². The monoisotopic (exact) mass is 450 g/mol. The molecule has 0 aromatic heterocycles. The van der Waals surface area contributed by atoms with Gasteiger partial charge in [0.05, 0.1) is 31.8 Å². The van der Waals surface area contributed by atoms with Crippen LogP contribution >= 0.6 is 0 Å². The van der Waals surface area contributed by atoms with Gasteiger partial charge in [0.15, 0.2) is 11.5 Å². The number of hydrogen-bond acceptors (Lipinski definition) is 6. The SMILES string of the molecule is CCOc1ccc(S(=O)(=O)N[C@H](C)C(=O)NCCc2ccc(OC)c(OC)c2)cc1C. The Morgan fingerprint density at radius 1 is 1.03 bits per heavy atom. The normalized spacial score (nSPS) is 12.2. The molecule has 1 amide bonds. The predicted molar refractivity (Wildman–Crippen MR) is 118 cm³/mol. The summed E-state index contributed by atoms with van der Waals surface area (Å²) in [5, 5.41) is 2.75. The molecule has 9 heteroatoms. The Bertz CT molecular complexity index is 1010. The van der Waals surface area contributed by atoms with Gasteiger partial charge >= 0.3 is 0 Å². The summed E-state index contributed by atoms with van der Waals surface area (Å²) in [5.41, 5.74) is 1.66. The van der Waals surface area contributed by atoms with Crippen LogP contribution in [0, 0.1) is 6.92 Å². The van der Waals surface area contributed by atoms with Crippen LogP contribution in [0.4, 0.5) is 0 Å². The average Bonchev–Trinajstić information content (AvgIpc) is 2.74. The zero-order valence-electron chi connectivity index (χ0n) is 18.5. The molecule has 0 aliphatic carbocycles. The van der Waals surface area contributed by atoms with Crippen LogP contribution in [0.1, 0.15) is 25.0 Å². The number of aryl methyl sites for hydroxylation is 1. The molecule has 0 saturated heterocycles. The van der Waals surface area contributed by atoms with Crippen molar-refractivity contribution in [2.45, 2.75) is 38.1 Å². The molecular weight excluding hydrogens is 420 g/mol. The lowest BCUT2D eigenvalue weighted by Gasteiger charge is -2.16. The van der Waals surface area contributed by atoms with Gasteiger partial charge in [-0.2, -0.15) is 4.72 Å². The first kappa shape index (κ1) is 24.5. The van der Waals surface area contributed by atoms with Crippen molar-refractivity contribution in [3.05, 3.63) is 47.5 Å². The number of nitrogens with one attached hydrogen (secondary N) is 2. The Morgan fingerprint density at radius 2 is 1.71 bits per heavy atom. The fourth-order valence-electron chi connectivity index (χ4n) is 2.98. The number of benzene rings is 2. The topological polar surface area (TPSA) is 103 Å². The van der Waals surface area contributed by atoms with Gasteiger partial charge in [-0.15, -0.1) is 0 Å². The maximum absolute atomic E-state index is 12.6. The smallest absolute Gasteiger partial charge is 0.241 e. The molecule has 2 rings (SSSR count). The minimum Gasteiger partial charge on any atom is -0.494 e. The summed E-state index contributed by atoms with van der Waals surface area (Å²) in [6, 6.07) is 9.19. The van der Waals surface area contributed by atoms with Gasteiger partial charge in [0.25, 0.3) is 0 Å². The second-order valence-corrected chi connectivity index (χ2v) is 8.65. The van der Waals surface area contributed by atoms with Gasteiger partial charge in [-0.25, -0.2) is 8.42 Å². The highest BCUT2D eigenvalue weighted by molar-refractivity contribution is 7.89. The molecule has 2 N–H and O–H groups in total. The van der Waals surface area contributed by atoms with Gasteiger partial charge in [0, 0.05) is 6.54 Å². The number of amides is 1. The zero-order chi connectivity index (χ0) is 23.0. The van der Waals surface area contributed by atoms with Gasteiger partial charge in [0.2, 0.25) is 15.9 Å². The lowest BCUT2D eigenvalue weighted by atomic mass is 10.1. The van der Waals surface area contributed by atoms with Crippen LogP contribution in [-0.2, 0) is 21.2 Å². The third kappa shape index (κ3) is 6.60. The molecule has 0 bridgehead atoms. The summed E-state index contributed by atoms with van der Waals surface area (Å²) in [7, 11) is -0.727. The fraction of sp³-hybridized carbons (Fsp3) is 0.409. The first-order chi connectivity index (χ1) is 14.7. The summed E-state index contributed by atoms with van der Waals surface area (Å²) in [5.74, 6) is 1.45. The molecule has 0 spiro atoms. The largest absolute Gasteiger partial charge is 0.494 e. The summed E-state index contributed by atoms with van der Waals surface area (Å²) in [6.45, 7) is 5.98. The van der Waals surface area contributed by atoms with Crippen LogP contribution in [0.5, 0.6) is 17.2 Å². The van der Waals surface area contributed by atoms with Crippen molar-refractivity contribution in [1.29, 1.82) is 0 Å². The van der Waals surface area contributed by atoms with E-state index in [1.807, 2.05) is 19.1 Å². The lowest BCUT2D eigenvalue weighted by Crippen LogP contribution is -2.45. The molecule has 0 aliphatic heterocycles. The second kappa shape index (κ2) is 11.0. The fourth-order valence-corrected chi connectivity index (χ4v) is 4.27. The third-order valence-corrected chi connectivity index (χ3v) is 6.18. The quantitative estimate of drug-likeness (QED) is 0.545. The molecule has 0 aliphatic rings. The number of ether oxygens (including phenoxy) is 3. The van der Waals surface area contributed by atoms with Crippen molar-refractivity contribution in [1.82, 2.24) is 10.0 Å². The van der Waals surface area contributed by atoms with E-state index in [2.05, 4.69) is 10.0 Å². The van der Waals surface area contributed by atoms with E-state index >= 15 is 0 Å². The van der Waals surface area contributed by atoms with Crippen LogP contribution in [0.2, 0.25) is 0 Å². The Kier molecular flexibility index (Phi) is 8.70. The molecule has 170 valence electrons. The summed E-state index contributed by atoms with van der Waals surface area (Å²) in [6.07, 6.45) is 0.559. The van der Waals surface area contributed by atoms with Gasteiger partial charge in [-0.1, -0.05) is 6.07 Å². The number of carbonyl (C=O) groups is 1. The lowest BCUT2D eigenvalue weighted by molar-refractivity contribution is -0.122. The number of carbonyl (C=O) groups excluding carboxylic acids is 1. The van der Waals surface area contributed by atoms with Crippen molar-refractivity contribution in [3.8, 4) is 17.2 Å². The zero-order valence-corrected chi connectivity index (χ0v) is 19.3. The molecule has 2 aromatic rings. The van der Waals surface area contributed by atoms with Crippen LogP contribution in [0.15, 0.2) is 41.3 Å². The first-order valence-electron chi connectivity index (χ1n) is 9.96. The average molecular weight is 451 g/mol. The summed E-state index contributed by atoms with van der Waals surface area (Å²) in [4.78, 5) is 12.5. The van der Waals surface area contributed by atoms with E-state index in [9.17, 15) is 13.2 Å². The molecular formula is C22H30N2O6S. The number of hydrogen-bond donors (Lipinski definition) is 2. The van der Waals surface area contributed by atoms with Crippen LogP contribution in [-0.4, -0.2) is 47.7 Å². The minimum atomic E-state index is -3.85. The van der Waals surface area contributed by atoms with E-state index in [-0.39, 0.29) is 4.90 Å². The molecule has 0 unspecified atom stereocenters. The number of rotatable bonds is 11.